The number of nitrogens with one attached hydrogen (secondary N) is 3. The van der Waals surface area contributed by atoms with Gasteiger partial charge >= 0.3 is 0 Å². The predicted octanol–water partition coefficient (Wildman–Crippen LogP) is 4.18. The Labute approximate surface area is 180 Å². The molecule has 0 saturated heterocycles. The SMILES string of the molecule is CCCNc1cccc(NC2CC=Nc3c2c2c(n3C)CCC(NC)C2)c1.CCO. The lowest BCUT2D eigenvalue weighted by Crippen LogP contribution is -2.32. The number of likely N-dealkylation sites (N-methyl/N-ethyl adjacent to an activating group) is 1. The third-order valence-electron chi connectivity index (χ3n) is 5.91. The van der Waals surface area contributed by atoms with Crippen molar-refractivity contribution >= 4 is 23.4 Å². The van der Waals surface area contributed by atoms with Gasteiger partial charge in [0.05, 0.1) is 6.04 Å². The van der Waals surface area contributed by atoms with Crippen molar-refractivity contribution in [2.24, 2.45) is 12.0 Å². The number of nitrogens with zero attached hydrogens (tertiary/aromatic N) is 2. The summed E-state index contributed by atoms with van der Waals surface area (Å²) in [5, 5.41) is 18.3. The minimum atomic E-state index is 0.250. The first kappa shape index (κ1) is 22.4. The Balaban J connectivity index is 0.000000806. The topological polar surface area (TPSA) is 73.6 Å². The van der Waals surface area contributed by atoms with Crippen molar-refractivity contribution in [1.82, 2.24) is 9.88 Å². The Morgan fingerprint density at radius 1 is 1.23 bits per heavy atom. The summed E-state index contributed by atoms with van der Waals surface area (Å²) < 4.78 is 2.32. The van der Waals surface area contributed by atoms with E-state index in [1.165, 1.54) is 34.6 Å². The number of anilines is 2. The summed E-state index contributed by atoms with van der Waals surface area (Å²) >= 11 is 0. The largest absolute Gasteiger partial charge is 0.397 e. The zero-order valence-electron chi connectivity index (χ0n) is 18.8. The van der Waals surface area contributed by atoms with Crippen molar-refractivity contribution in [3.05, 3.63) is 41.1 Å². The van der Waals surface area contributed by atoms with Crippen molar-refractivity contribution in [3.8, 4) is 0 Å². The molecular formula is C24H37N5O. The molecule has 1 aromatic heterocycles. The van der Waals surface area contributed by atoms with E-state index in [0.29, 0.717) is 6.04 Å². The monoisotopic (exact) mass is 411 g/mol. The van der Waals surface area contributed by atoms with Crippen LogP contribution in [0.15, 0.2) is 29.3 Å². The molecule has 30 heavy (non-hydrogen) atoms. The summed E-state index contributed by atoms with van der Waals surface area (Å²) in [7, 11) is 4.25. The molecular weight excluding hydrogens is 374 g/mol. The molecule has 0 saturated carbocycles. The van der Waals surface area contributed by atoms with E-state index in [4.69, 9.17) is 10.1 Å². The van der Waals surface area contributed by atoms with Crippen molar-refractivity contribution in [2.75, 3.05) is 30.8 Å². The van der Waals surface area contributed by atoms with Gasteiger partial charge in [0.15, 0.2) is 0 Å². The van der Waals surface area contributed by atoms with Crippen LogP contribution in [0.1, 0.15) is 56.0 Å². The molecule has 4 N–H and O–H groups in total. The van der Waals surface area contributed by atoms with E-state index in [9.17, 15) is 0 Å². The third-order valence-corrected chi connectivity index (χ3v) is 5.91. The fraction of sp³-hybridized carbons (Fsp3) is 0.542. The number of hydrogen-bond acceptors (Lipinski definition) is 5. The lowest BCUT2D eigenvalue weighted by Gasteiger charge is -2.26. The molecule has 2 aromatic rings. The van der Waals surface area contributed by atoms with Gasteiger partial charge in [-0.05, 0) is 63.4 Å². The molecule has 1 aromatic carbocycles. The number of aliphatic hydroxyl groups is 1. The molecule has 0 amide bonds. The van der Waals surface area contributed by atoms with E-state index >= 15 is 0 Å². The van der Waals surface area contributed by atoms with E-state index in [0.717, 1.165) is 38.0 Å². The molecule has 0 bridgehead atoms. The van der Waals surface area contributed by atoms with Crippen molar-refractivity contribution in [2.45, 2.75) is 58.0 Å². The molecule has 2 aliphatic rings. The highest BCUT2D eigenvalue weighted by molar-refractivity contribution is 5.73. The van der Waals surface area contributed by atoms with E-state index in [1.807, 2.05) is 0 Å². The van der Waals surface area contributed by atoms with Crippen LogP contribution in [-0.2, 0) is 19.9 Å². The zero-order chi connectivity index (χ0) is 21.5. The number of aliphatic imine (C=N–C) groups is 1. The van der Waals surface area contributed by atoms with Gasteiger partial charge in [-0.25, -0.2) is 4.99 Å². The molecule has 6 heteroatoms. The number of aromatic nitrogens is 1. The van der Waals surface area contributed by atoms with Gasteiger partial charge in [-0.15, -0.1) is 0 Å². The second-order valence-corrected chi connectivity index (χ2v) is 8.02. The van der Waals surface area contributed by atoms with Crippen LogP contribution in [0.2, 0.25) is 0 Å². The Morgan fingerprint density at radius 3 is 2.73 bits per heavy atom. The Morgan fingerprint density at radius 2 is 2.00 bits per heavy atom. The van der Waals surface area contributed by atoms with Crippen LogP contribution in [0, 0.1) is 0 Å². The first-order valence-corrected chi connectivity index (χ1v) is 11.2. The zero-order valence-corrected chi connectivity index (χ0v) is 18.8. The maximum absolute atomic E-state index is 7.57. The molecule has 1 aliphatic carbocycles. The summed E-state index contributed by atoms with van der Waals surface area (Å²) in [6, 6.07) is 9.48. The van der Waals surface area contributed by atoms with E-state index in [-0.39, 0.29) is 12.6 Å². The first-order chi connectivity index (χ1) is 14.6. The molecule has 0 spiro atoms. The molecule has 0 radical (unpaired) electrons. The number of benzene rings is 1. The molecule has 164 valence electrons. The van der Waals surface area contributed by atoms with E-state index in [2.05, 4.69) is 72.0 Å². The average Bonchev–Trinajstić information content (AvgIpc) is 3.05. The minimum Gasteiger partial charge on any atom is -0.397 e. The normalized spacial score (nSPS) is 19.4. The van der Waals surface area contributed by atoms with Gasteiger partial charge < -0.3 is 25.6 Å². The highest BCUT2D eigenvalue weighted by Gasteiger charge is 2.32. The van der Waals surface area contributed by atoms with Gasteiger partial charge in [0.1, 0.15) is 5.82 Å². The Hall–Kier alpha value is -2.31. The Bertz CT molecular complexity index is 858. The second kappa shape index (κ2) is 10.6. The molecule has 4 rings (SSSR count). The number of fused-ring (bicyclic) bond motifs is 3. The predicted molar refractivity (Wildman–Crippen MR) is 127 cm³/mol. The van der Waals surface area contributed by atoms with Crippen molar-refractivity contribution < 1.29 is 5.11 Å². The standard InChI is InChI=1S/C22H31N5.C2H6O/c1-4-11-24-16-6-5-7-17(13-16)26-19-10-12-25-22-21(19)18-14-15(23-2)8-9-20(18)27(22)3;1-2-3/h5-7,12-13,15,19,23-24,26H,4,8-11,14H2,1-3H3;3H,2H2,1H3. The molecule has 6 nitrogen and oxygen atoms in total. The smallest absolute Gasteiger partial charge is 0.137 e. The van der Waals surface area contributed by atoms with Crippen LogP contribution in [0.4, 0.5) is 17.2 Å². The molecule has 0 fully saturated rings. The highest BCUT2D eigenvalue weighted by Crippen LogP contribution is 2.42. The summed E-state index contributed by atoms with van der Waals surface area (Å²) in [5.41, 5.74) is 6.73. The van der Waals surface area contributed by atoms with Crippen LogP contribution >= 0.6 is 0 Å². The highest BCUT2D eigenvalue weighted by atomic mass is 16.2. The van der Waals surface area contributed by atoms with Crippen LogP contribution in [0.3, 0.4) is 0 Å². The van der Waals surface area contributed by atoms with Crippen molar-refractivity contribution in [3.63, 3.8) is 0 Å². The summed E-state index contributed by atoms with van der Waals surface area (Å²) in [6.45, 7) is 5.12. The Kier molecular flexibility index (Phi) is 7.94. The molecule has 2 heterocycles. The van der Waals surface area contributed by atoms with Gasteiger partial charge in [0, 0.05) is 61.5 Å². The lowest BCUT2D eigenvalue weighted by molar-refractivity contribution is 0.318. The van der Waals surface area contributed by atoms with Crippen molar-refractivity contribution in [1.29, 1.82) is 0 Å². The van der Waals surface area contributed by atoms with Gasteiger partial charge in [-0.2, -0.15) is 0 Å². The first-order valence-electron chi connectivity index (χ1n) is 11.2. The van der Waals surface area contributed by atoms with Gasteiger partial charge in [0.2, 0.25) is 0 Å². The maximum Gasteiger partial charge on any atom is 0.137 e. The van der Waals surface area contributed by atoms with Gasteiger partial charge in [-0.3, -0.25) is 0 Å². The van der Waals surface area contributed by atoms with Crippen LogP contribution in [0.25, 0.3) is 0 Å². The number of rotatable bonds is 6. The quantitative estimate of drug-likeness (QED) is 0.575. The van der Waals surface area contributed by atoms with Gasteiger partial charge in [-0.1, -0.05) is 13.0 Å². The maximum atomic E-state index is 7.57. The number of aliphatic hydroxyl groups excluding tert-OH is 1. The molecule has 2 unspecified atom stereocenters. The molecule has 2 atom stereocenters. The minimum absolute atomic E-state index is 0.250. The second-order valence-electron chi connectivity index (χ2n) is 8.02. The number of hydrogen-bond donors (Lipinski definition) is 4. The van der Waals surface area contributed by atoms with Crippen LogP contribution in [-0.4, -0.2) is 42.1 Å². The fourth-order valence-electron chi connectivity index (χ4n) is 4.46. The lowest BCUT2D eigenvalue weighted by atomic mass is 9.87. The summed E-state index contributed by atoms with van der Waals surface area (Å²) in [6.07, 6.45) is 7.56. The molecule has 1 aliphatic heterocycles. The third kappa shape index (κ3) is 4.87. The van der Waals surface area contributed by atoms with E-state index < -0.39 is 0 Å². The van der Waals surface area contributed by atoms with Gasteiger partial charge in [0.25, 0.3) is 0 Å². The summed E-state index contributed by atoms with van der Waals surface area (Å²) in [4.78, 5) is 4.76. The summed E-state index contributed by atoms with van der Waals surface area (Å²) in [5.74, 6) is 1.14. The van der Waals surface area contributed by atoms with Crippen LogP contribution < -0.4 is 16.0 Å². The average molecular weight is 412 g/mol. The van der Waals surface area contributed by atoms with Crippen LogP contribution in [0.5, 0.6) is 0 Å². The fourth-order valence-corrected chi connectivity index (χ4v) is 4.46. The van der Waals surface area contributed by atoms with E-state index in [1.54, 1.807) is 6.92 Å².